The molecule has 2 fully saturated rings. The van der Waals surface area contributed by atoms with Crippen LogP contribution in [0.5, 0.6) is 0 Å². The lowest BCUT2D eigenvalue weighted by molar-refractivity contribution is -0.138. The van der Waals surface area contributed by atoms with Crippen molar-refractivity contribution < 1.29 is 13.9 Å². The van der Waals surface area contributed by atoms with Gasteiger partial charge in [-0.1, -0.05) is 12.1 Å². The fourth-order valence-electron chi connectivity index (χ4n) is 4.05. The van der Waals surface area contributed by atoms with E-state index in [1.807, 2.05) is 30.0 Å². The van der Waals surface area contributed by atoms with Crippen molar-refractivity contribution >= 4 is 16.9 Å². The van der Waals surface area contributed by atoms with Gasteiger partial charge in [-0.15, -0.1) is 0 Å². The maximum Gasteiger partial charge on any atom is 0.336 e. The lowest BCUT2D eigenvalue weighted by Crippen LogP contribution is -2.62. The number of amides is 1. The maximum absolute atomic E-state index is 12.9. The second kappa shape index (κ2) is 6.85. The van der Waals surface area contributed by atoms with Gasteiger partial charge in [-0.2, -0.15) is 0 Å². The second-order valence-corrected chi connectivity index (χ2v) is 7.38. The monoisotopic (exact) mass is 356 g/mol. The zero-order chi connectivity index (χ0) is 18.3. The topological polar surface area (TPSA) is 63.0 Å². The third-order valence-corrected chi connectivity index (χ3v) is 5.44. The highest BCUT2D eigenvalue weighted by molar-refractivity contribution is 5.87. The number of benzene rings is 1. The van der Waals surface area contributed by atoms with Crippen molar-refractivity contribution in [2.24, 2.45) is 0 Å². The van der Waals surface area contributed by atoms with Crippen LogP contribution in [0.25, 0.3) is 11.0 Å². The molecule has 1 aromatic carbocycles. The Kier molecular flexibility index (Phi) is 4.54. The summed E-state index contributed by atoms with van der Waals surface area (Å²) >= 11 is 0. The Morgan fingerprint density at radius 2 is 2.08 bits per heavy atom. The fraction of sp³-hybridized carbons (Fsp3) is 0.500. The molecule has 138 valence electrons. The number of rotatable bonds is 2. The standard InChI is InChI=1S/C20H24N2O4/c1-13-3-4-17-15(9-20(24)26-18(17)7-13)8-19(23)21-5-6-22-14(2)11-25-12-16(22)10-21/h3-4,7,9,14,16H,5-6,8,10-12H2,1-2H3/t14-,16+/m0/s1. The number of hydrogen-bond acceptors (Lipinski definition) is 5. The molecule has 0 spiro atoms. The van der Waals surface area contributed by atoms with Crippen LogP contribution in [0.4, 0.5) is 0 Å². The number of ether oxygens (including phenoxy) is 1. The number of carbonyl (C=O) groups excluding carboxylic acids is 1. The SMILES string of the molecule is Cc1ccc2c(CC(=O)N3CCN4[C@@H](COC[C@@H]4C)C3)cc(=O)oc2c1. The lowest BCUT2D eigenvalue weighted by Gasteiger charge is -2.47. The maximum atomic E-state index is 12.9. The summed E-state index contributed by atoms with van der Waals surface area (Å²) in [5.74, 6) is 0.0513. The Hall–Kier alpha value is -2.18. The zero-order valence-electron chi connectivity index (χ0n) is 15.2. The van der Waals surface area contributed by atoms with E-state index in [1.54, 1.807) is 0 Å². The summed E-state index contributed by atoms with van der Waals surface area (Å²) in [6.45, 7) is 7.82. The number of morpholine rings is 1. The van der Waals surface area contributed by atoms with Crippen molar-refractivity contribution in [1.82, 2.24) is 9.80 Å². The van der Waals surface area contributed by atoms with Crippen molar-refractivity contribution in [3.63, 3.8) is 0 Å². The summed E-state index contributed by atoms with van der Waals surface area (Å²) in [4.78, 5) is 29.1. The highest BCUT2D eigenvalue weighted by Gasteiger charge is 2.35. The highest BCUT2D eigenvalue weighted by Crippen LogP contribution is 2.22. The first kappa shape index (κ1) is 17.2. The van der Waals surface area contributed by atoms with Crippen LogP contribution in [0.3, 0.4) is 0 Å². The number of hydrogen-bond donors (Lipinski definition) is 0. The van der Waals surface area contributed by atoms with Crippen LogP contribution in [-0.2, 0) is 16.0 Å². The predicted octanol–water partition coefficient (Wildman–Crippen LogP) is 1.58. The minimum absolute atomic E-state index is 0.0513. The van der Waals surface area contributed by atoms with Gasteiger partial charge in [0.25, 0.3) is 0 Å². The van der Waals surface area contributed by atoms with Gasteiger partial charge < -0.3 is 14.1 Å². The average molecular weight is 356 g/mol. The highest BCUT2D eigenvalue weighted by atomic mass is 16.5. The Labute approximate surface area is 152 Å². The molecule has 2 aliphatic heterocycles. The van der Waals surface area contributed by atoms with Crippen LogP contribution in [0.1, 0.15) is 18.1 Å². The van der Waals surface area contributed by atoms with Crippen LogP contribution in [0.2, 0.25) is 0 Å². The average Bonchev–Trinajstić information content (AvgIpc) is 2.61. The van der Waals surface area contributed by atoms with Crippen LogP contribution in [0, 0.1) is 6.92 Å². The van der Waals surface area contributed by atoms with Gasteiger partial charge in [0, 0.05) is 37.1 Å². The summed E-state index contributed by atoms with van der Waals surface area (Å²) in [5.41, 5.74) is 1.88. The molecule has 0 radical (unpaired) electrons. The van der Waals surface area contributed by atoms with Gasteiger partial charge in [0.05, 0.1) is 25.7 Å². The molecule has 0 unspecified atom stereocenters. The quantitative estimate of drug-likeness (QED) is 0.765. The molecule has 0 bridgehead atoms. The predicted molar refractivity (Wildman–Crippen MR) is 98.3 cm³/mol. The molecule has 2 aliphatic rings. The van der Waals surface area contributed by atoms with Gasteiger partial charge in [-0.3, -0.25) is 9.69 Å². The molecular formula is C20H24N2O4. The number of fused-ring (bicyclic) bond motifs is 2. The van der Waals surface area contributed by atoms with Crippen molar-refractivity contribution in [2.75, 3.05) is 32.8 Å². The van der Waals surface area contributed by atoms with E-state index in [0.717, 1.165) is 36.2 Å². The Morgan fingerprint density at radius 1 is 1.23 bits per heavy atom. The van der Waals surface area contributed by atoms with Crippen LogP contribution in [-0.4, -0.2) is 60.6 Å². The summed E-state index contributed by atoms with van der Waals surface area (Å²) in [6, 6.07) is 7.83. The van der Waals surface area contributed by atoms with Gasteiger partial charge >= 0.3 is 5.63 Å². The molecule has 2 atom stereocenters. The third kappa shape index (κ3) is 3.27. The molecule has 6 nitrogen and oxygen atoms in total. The summed E-state index contributed by atoms with van der Waals surface area (Å²) in [7, 11) is 0. The molecule has 1 aromatic heterocycles. The largest absolute Gasteiger partial charge is 0.423 e. The first-order valence-electron chi connectivity index (χ1n) is 9.16. The number of aryl methyl sites for hydroxylation is 1. The number of nitrogens with zero attached hydrogens (tertiary/aromatic N) is 2. The fourth-order valence-corrected chi connectivity index (χ4v) is 4.05. The van der Waals surface area contributed by atoms with Crippen LogP contribution < -0.4 is 5.63 Å². The zero-order valence-corrected chi connectivity index (χ0v) is 15.2. The minimum atomic E-state index is -0.412. The lowest BCUT2D eigenvalue weighted by atomic mass is 10.0. The molecule has 0 N–H and O–H groups in total. The van der Waals surface area contributed by atoms with Gasteiger partial charge in [0.15, 0.2) is 0 Å². The van der Waals surface area contributed by atoms with E-state index in [2.05, 4.69) is 11.8 Å². The number of carbonyl (C=O) groups is 1. The van der Waals surface area contributed by atoms with E-state index in [4.69, 9.17) is 9.15 Å². The summed E-state index contributed by atoms with van der Waals surface area (Å²) in [6.07, 6.45) is 0.217. The van der Waals surface area contributed by atoms with Crippen molar-refractivity contribution in [2.45, 2.75) is 32.4 Å². The normalized spacial score (nSPS) is 23.8. The first-order valence-corrected chi connectivity index (χ1v) is 9.16. The molecule has 2 saturated heterocycles. The summed E-state index contributed by atoms with van der Waals surface area (Å²) < 4.78 is 10.9. The Balaban J connectivity index is 1.54. The van der Waals surface area contributed by atoms with Gasteiger partial charge in [0.2, 0.25) is 5.91 Å². The van der Waals surface area contributed by atoms with Gasteiger partial charge in [-0.05, 0) is 31.0 Å². The minimum Gasteiger partial charge on any atom is -0.423 e. The van der Waals surface area contributed by atoms with E-state index in [-0.39, 0.29) is 18.4 Å². The van der Waals surface area contributed by atoms with Gasteiger partial charge in [-0.25, -0.2) is 4.79 Å². The molecule has 26 heavy (non-hydrogen) atoms. The molecule has 6 heteroatoms. The molecule has 3 heterocycles. The van der Waals surface area contributed by atoms with E-state index in [9.17, 15) is 9.59 Å². The Morgan fingerprint density at radius 3 is 2.92 bits per heavy atom. The third-order valence-electron chi connectivity index (χ3n) is 5.44. The van der Waals surface area contributed by atoms with E-state index in [0.29, 0.717) is 24.8 Å². The number of piperazine rings is 1. The first-order chi connectivity index (χ1) is 12.5. The van der Waals surface area contributed by atoms with Gasteiger partial charge in [0.1, 0.15) is 5.58 Å². The van der Waals surface area contributed by atoms with E-state index in [1.165, 1.54) is 6.07 Å². The molecule has 4 rings (SSSR count). The summed E-state index contributed by atoms with van der Waals surface area (Å²) in [5, 5.41) is 0.830. The molecule has 1 amide bonds. The van der Waals surface area contributed by atoms with Crippen LogP contribution in [0.15, 0.2) is 33.5 Å². The van der Waals surface area contributed by atoms with Crippen LogP contribution >= 0.6 is 0 Å². The molecule has 2 aromatic rings. The smallest absolute Gasteiger partial charge is 0.336 e. The van der Waals surface area contributed by atoms with Crippen molar-refractivity contribution in [1.29, 1.82) is 0 Å². The molecule has 0 saturated carbocycles. The Bertz CT molecular complexity index is 891. The molecular weight excluding hydrogens is 332 g/mol. The van der Waals surface area contributed by atoms with Crippen molar-refractivity contribution in [3.05, 3.63) is 45.8 Å². The van der Waals surface area contributed by atoms with Crippen molar-refractivity contribution in [3.8, 4) is 0 Å². The second-order valence-electron chi connectivity index (χ2n) is 7.38. The van der Waals surface area contributed by atoms with E-state index < -0.39 is 5.63 Å². The van der Waals surface area contributed by atoms with E-state index >= 15 is 0 Å². The molecule has 0 aliphatic carbocycles.